The van der Waals surface area contributed by atoms with Gasteiger partial charge in [-0.1, -0.05) is 25.5 Å². The standard InChI is InChI=1S/C16H23N3O2/c1-11-5-4-7-12(11)16(21)19-14-8-3-2-6-13(14)15(20)18-10-9-17/h2-3,6,8,11-12H,4-5,7,9-10,17H2,1H3,(H,18,20)(H,19,21). The lowest BCUT2D eigenvalue weighted by Gasteiger charge is -2.17. The average molecular weight is 289 g/mol. The number of hydrogen-bond acceptors (Lipinski definition) is 3. The number of carbonyl (C=O) groups excluding carboxylic acids is 2. The van der Waals surface area contributed by atoms with Gasteiger partial charge in [-0.25, -0.2) is 0 Å². The maximum Gasteiger partial charge on any atom is 0.253 e. The van der Waals surface area contributed by atoms with Crippen molar-refractivity contribution in [2.75, 3.05) is 18.4 Å². The van der Waals surface area contributed by atoms with Crippen LogP contribution in [0.3, 0.4) is 0 Å². The van der Waals surface area contributed by atoms with Crippen molar-refractivity contribution in [1.82, 2.24) is 5.32 Å². The Hall–Kier alpha value is -1.88. The highest BCUT2D eigenvalue weighted by Crippen LogP contribution is 2.32. The normalized spacial score (nSPS) is 21.0. The molecule has 5 nitrogen and oxygen atoms in total. The number of para-hydroxylation sites is 1. The molecule has 1 aliphatic carbocycles. The molecule has 0 radical (unpaired) electrons. The van der Waals surface area contributed by atoms with E-state index in [1.54, 1.807) is 18.2 Å². The zero-order valence-corrected chi connectivity index (χ0v) is 12.4. The fourth-order valence-electron chi connectivity index (χ4n) is 2.83. The second-order valence-electron chi connectivity index (χ2n) is 5.59. The van der Waals surface area contributed by atoms with Crippen molar-refractivity contribution in [3.05, 3.63) is 29.8 Å². The van der Waals surface area contributed by atoms with Gasteiger partial charge in [-0.15, -0.1) is 0 Å². The third-order valence-corrected chi connectivity index (χ3v) is 4.06. The Morgan fingerprint density at radius 1 is 1.29 bits per heavy atom. The first-order valence-corrected chi connectivity index (χ1v) is 7.51. The second-order valence-corrected chi connectivity index (χ2v) is 5.59. The smallest absolute Gasteiger partial charge is 0.253 e. The van der Waals surface area contributed by atoms with Crippen LogP contribution in [0.15, 0.2) is 24.3 Å². The number of nitrogens with two attached hydrogens (primary N) is 1. The van der Waals surface area contributed by atoms with E-state index in [0.29, 0.717) is 30.3 Å². The van der Waals surface area contributed by atoms with Crippen LogP contribution in [0.1, 0.15) is 36.5 Å². The highest BCUT2D eigenvalue weighted by Gasteiger charge is 2.30. The number of anilines is 1. The van der Waals surface area contributed by atoms with Gasteiger partial charge in [-0.05, 0) is 30.9 Å². The number of amides is 2. The Morgan fingerprint density at radius 2 is 2.05 bits per heavy atom. The minimum atomic E-state index is -0.212. The van der Waals surface area contributed by atoms with Crippen molar-refractivity contribution < 1.29 is 9.59 Å². The summed E-state index contributed by atoms with van der Waals surface area (Å²) in [6, 6.07) is 7.06. The summed E-state index contributed by atoms with van der Waals surface area (Å²) in [5, 5.41) is 5.63. The first-order valence-electron chi connectivity index (χ1n) is 7.51. The van der Waals surface area contributed by atoms with Gasteiger partial charge < -0.3 is 16.4 Å². The molecule has 0 bridgehead atoms. The predicted octanol–water partition coefficient (Wildman–Crippen LogP) is 1.75. The SMILES string of the molecule is CC1CCCC1C(=O)Nc1ccccc1C(=O)NCCN. The summed E-state index contributed by atoms with van der Waals surface area (Å²) < 4.78 is 0. The van der Waals surface area contributed by atoms with Crippen molar-refractivity contribution in [2.45, 2.75) is 26.2 Å². The van der Waals surface area contributed by atoms with E-state index in [9.17, 15) is 9.59 Å². The zero-order valence-electron chi connectivity index (χ0n) is 12.4. The number of hydrogen-bond donors (Lipinski definition) is 3. The number of carbonyl (C=O) groups is 2. The molecule has 2 rings (SSSR count). The zero-order chi connectivity index (χ0) is 15.2. The molecular formula is C16H23N3O2. The Labute approximate surface area is 125 Å². The van der Waals surface area contributed by atoms with Crippen LogP contribution in [0.2, 0.25) is 0 Å². The van der Waals surface area contributed by atoms with E-state index < -0.39 is 0 Å². The third-order valence-electron chi connectivity index (χ3n) is 4.06. The highest BCUT2D eigenvalue weighted by atomic mass is 16.2. The van der Waals surface area contributed by atoms with Crippen LogP contribution in [-0.2, 0) is 4.79 Å². The summed E-state index contributed by atoms with van der Waals surface area (Å²) in [4.78, 5) is 24.4. The predicted molar refractivity (Wildman–Crippen MR) is 83.0 cm³/mol. The second kappa shape index (κ2) is 7.22. The van der Waals surface area contributed by atoms with Gasteiger partial charge in [-0.2, -0.15) is 0 Å². The third kappa shape index (κ3) is 3.82. The molecule has 0 saturated heterocycles. The number of rotatable bonds is 5. The maximum atomic E-state index is 12.4. The molecular weight excluding hydrogens is 266 g/mol. The Morgan fingerprint density at radius 3 is 2.71 bits per heavy atom. The molecule has 21 heavy (non-hydrogen) atoms. The van der Waals surface area contributed by atoms with Crippen molar-refractivity contribution in [2.24, 2.45) is 17.6 Å². The minimum Gasteiger partial charge on any atom is -0.351 e. The van der Waals surface area contributed by atoms with Gasteiger partial charge in [0, 0.05) is 19.0 Å². The fraction of sp³-hybridized carbons (Fsp3) is 0.500. The van der Waals surface area contributed by atoms with Crippen LogP contribution >= 0.6 is 0 Å². The highest BCUT2D eigenvalue weighted by molar-refractivity contribution is 6.04. The topological polar surface area (TPSA) is 84.2 Å². The molecule has 1 saturated carbocycles. The number of benzene rings is 1. The largest absolute Gasteiger partial charge is 0.351 e. The van der Waals surface area contributed by atoms with Crippen LogP contribution in [0.4, 0.5) is 5.69 Å². The van der Waals surface area contributed by atoms with E-state index in [0.717, 1.165) is 19.3 Å². The lowest BCUT2D eigenvalue weighted by atomic mass is 9.97. The van der Waals surface area contributed by atoms with Crippen LogP contribution < -0.4 is 16.4 Å². The summed E-state index contributed by atoms with van der Waals surface area (Å²) in [6.45, 7) is 2.91. The monoisotopic (exact) mass is 289 g/mol. The molecule has 5 heteroatoms. The number of nitrogens with one attached hydrogen (secondary N) is 2. The Balaban J connectivity index is 2.09. The van der Waals surface area contributed by atoms with Gasteiger partial charge in [0.2, 0.25) is 5.91 Å². The minimum absolute atomic E-state index is 0.0130. The molecule has 1 aromatic carbocycles. The van der Waals surface area contributed by atoms with Gasteiger partial charge in [0.1, 0.15) is 0 Å². The molecule has 1 aromatic rings. The Bertz CT molecular complexity index is 516. The van der Waals surface area contributed by atoms with Gasteiger partial charge >= 0.3 is 0 Å². The summed E-state index contributed by atoms with van der Waals surface area (Å²) in [5.41, 5.74) is 6.43. The molecule has 2 amide bonds. The summed E-state index contributed by atoms with van der Waals surface area (Å²) in [5.74, 6) is 0.253. The van der Waals surface area contributed by atoms with Gasteiger partial charge in [0.15, 0.2) is 0 Å². The summed E-state index contributed by atoms with van der Waals surface area (Å²) in [6.07, 6.45) is 3.11. The Kier molecular flexibility index (Phi) is 5.33. The first-order chi connectivity index (χ1) is 10.1. The summed E-state index contributed by atoms with van der Waals surface area (Å²) >= 11 is 0. The van der Waals surface area contributed by atoms with Gasteiger partial charge in [0.05, 0.1) is 11.3 Å². The molecule has 0 aliphatic heterocycles. The molecule has 0 aromatic heterocycles. The van der Waals surface area contributed by atoms with E-state index in [4.69, 9.17) is 5.73 Å². The molecule has 2 atom stereocenters. The van der Waals surface area contributed by atoms with Crippen molar-refractivity contribution in [3.63, 3.8) is 0 Å². The van der Waals surface area contributed by atoms with Crippen LogP contribution in [0.25, 0.3) is 0 Å². The van der Waals surface area contributed by atoms with E-state index >= 15 is 0 Å². The quantitative estimate of drug-likeness (QED) is 0.772. The lowest BCUT2D eigenvalue weighted by Crippen LogP contribution is -2.31. The van der Waals surface area contributed by atoms with Crippen molar-refractivity contribution >= 4 is 17.5 Å². The van der Waals surface area contributed by atoms with Crippen LogP contribution in [0.5, 0.6) is 0 Å². The van der Waals surface area contributed by atoms with Crippen LogP contribution in [0, 0.1) is 11.8 Å². The molecule has 4 N–H and O–H groups in total. The molecule has 114 valence electrons. The molecule has 0 spiro atoms. The van der Waals surface area contributed by atoms with Crippen LogP contribution in [-0.4, -0.2) is 24.9 Å². The lowest BCUT2D eigenvalue weighted by molar-refractivity contribution is -0.120. The van der Waals surface area contributed by atoms with E-state index in [2.05, 4.69) is 17.6 Å². The molecule has 0 heterocycles. The van der Waals surface area contributed by atoms with E-state index in [1.807, 2.05) is 6.07 Å². The van der Waals surface area contributed by atoms with Crippen molar-refractivity contribution in [1.29, 1.82) is 0 Å². The fourth-order valence-corrected chi connectivity index (χ4v) is 2.83. The van der Waals surface area contributed by atoms with Gasteiger partial charge in [0.25, 0.3) is 5.91 Å². The van der Waals surface area contributed by atoms with Crippen molar-refractivity contribution in [3.8, 4) is 0 Å². The van der Waals surface area contributed by atoms with Gasteiger partial charge in [-0.3, -0.25) is 9.59 Å². The average Bonchev–Trinajstić information content (AvgIpc) is 2.91. The molecule has 2 unspecified atom stereocenters. The first kappa shape index (κ1) is 15.5. The summed E-state index contributed by atoms with van der Waals surface area (Å²) in [7, 11) is 0. The molecule has 1 aliphatic rings. The molecule has 1 fully saturated rings. The maximum absolute atomic E-state index is 12.4. The van der Waals surface area contributed by atoms with E-state index in [1.165, 1.54) is 0 Å². The van der Waals surface area contributed by atoms with E-state index in [-0.39, 0.29) is 17.7 Å².